The van der Waals surface area contributed by atoms with Gasteiger partial charge in [-0.25, -0.2) is 0 Å². The van der Waals surface area contributed by atoms with Gasteiger partial charge in [-0.15, -0.1) is 0 Å². The second-order valence-electron chi connectivity index (χ2n) is 6.96. The molecule has 31 heavy (non-hydrogen) atoms. The number of carbonyl (C=O) groups is 3. The van der Waals surface area contributed by atoms with E-state index in [-0.39, 0.29) is 24.2 Å². The fraction of sp³-hybridized carbons (Fsp3) is 0.160. The van der Waals surface area contributed by atoms with E-state index < -0.39 is 0 Å². The summed E-state index contributed by atoms with van der Waals surface area (Å²) in [5.41, 5.74) is 2.58. The number of para-hydroxylation sites is 2. The maximum atomic E-state index is 12.6. The zero-order valence-electron chi connectivity index (χ0n) is 17.3. The summed E-state index contributed by atoms with van der Waals surface area (Å²) < 4.78 is 5.68. The number of hydrogen-bond donors (Lipinski definition) is 2. The Morgan fingerprint density at radius 2 is 1.52 bits per heavy atom. The predicted octanol–water partition coefficient (Wildman–Crippen LogP) is 3.88. The summed E-state index contributed by atoms with van der Waals surface area (Å²) in [7, 11) is 0. The highest BCUT2D eigenvalue weighted by Crippen LogP contribution is 2.20. The molecule has 0 unspecified atom stereocenters. The number of benzene rings is 3. The molecule has 6 nitrogen and oxygen atoms in total. The maximum absolute atomic E-state index is 12.6. The molecule has 0 saturated heterocycles. The Bertz CT molecular complexity index is 1050. The predicted molar refractivity (Wildman–Crippen MR) is 119 cm³/mol. The van der Waals surface area contributed by atoms with Crippen LogP contribution in [0.1, 0.15) is 33.2 Å². The first-order valence-corrected chi connectivity index (χ1v) is 9.98. The van der Waals surface area contributed by atoms with E-state index in [2.05, 4.69) is 10.6 Å². The Hall–Kier alpha value is -3.93. The Morgan fingerprint density at radius 1 is 0.839 bits per heavy atom. The monoisotopic (exact) mass is 416 g/mol. The molecule has 0 atom stereocenters. The van der Waals surface area contributed by atoms with E-state index in [0.29, 0.717) is 35.5 Å². The van der Waals surface area contributed by atoms with Gasteiger partial charge in [-0.1, -0.05) is 54.6 Å². The van der Waals surface area contributed by atoms with Crippen LogP contribution in [-0.4, -0.2) is 30.7 Å². The number of nitrogens with one attached hydrogen (secondary N) is 2. The van der Waals surface area contributed by atoms with Gasteiger partial charge in [0.15, 0.2) is 12.4 Å². The Labute approximate surface area is 181 Å². The number of rotatable bonds is 9. The zero-order chi connectivity index (χ0) is 22.1. The van der Waals surface area contributed by atoms with Gasteiger partial charge < -0.3 is 15.4 Å². The minimum atomic E-state index is -0.308. The van der Waals surface area contributed by atoms with Crippen molar-refractivity contribution in [1.29, 1.82) is 0 Å². The Morgan fingerprint density at radius 3 is 2.23 bits per heavy atom. The topological polar surface area (TPSA) is 84.5 Å². The van der Waals surface area contributed by atoms with Crippen molar-refractivity contribution in [1.82, 2.24) is 5.32 Å². The van der Waals surface area contributed by atoms with E-state index in [1.54, 1.807) is 48.5 Å². The lowest BCUT2D eigenvalue weighted by Crippen LogP contribution is -2.22. The van der Waals surface area contributed by atoms with Crippen molar-refractivity contribution in [3.05, 3.63) is 95.6 Å². The fourth-order valence-electron chi connectivity index (χ4n) is 2.97. The standard InChI is InChI=1S/C25H24N2O4/c1-18(28)26-16-15-19-11-13-20(14-12-19)23(29)17-31-24-10-6-5-9-22(24)25(30)27-21-7-3-2-4-8-21/h2-14H,15-17H2,1H3,(H,26,28)(H,27,30). The van der Waals surface area contributed by atoms with Gasteiger partial charge in [0.25, 0.3) is 5.91 Å². The number of carbonyl (C=O) groups excluding carboxylic acids is 3. The molecule has 0 aliphatic rings. The molecule has 0 spiro atoms. The lowest BCUT2D eigenvalue weighted by atomic mass is 10.1. The molecule has 0 aliphatic heterocycles. The molecule has 0 fully saturated rings. The van der Waals surface area contributed by atoms with E-state index in [1.165, 1.54) is 6.92 Å². The van der Waals surface area contributed by atoms with Gasteiger partial charge in [0.05, 0.1) is 5.56 Å². The van der Waals surface area contributed by atoms with Crippen molar-refractivity contribution < 1.29 is 19.1 Å². The lowest BCUT2D eigenvalue weighted by Gasteiger charge is -2.11. The highest BCUT2D eigenvalue weighted by Gasteiger charge is 2.14. The number of Topliss-reactive ketones (excluding diaryl/α,β-unsaturated/α-hetero) is 1. The van der Waals surface area contributed by atoms with Crippen LogP contribution in [0, 0.1) is 0 Å². The molecule has 0 saturated carbocycles. The molecule has 0 radical (unpaired) electrons. The molecule has 0 heterocycles. The molecule has 3 rings (SSSR count). The number of ether oxygens (including phenoxy) is 1. The van der Waals surface area contributed by atoms with Crippen molar-refractivity contribution in [2.45, 2.75) is 13.3 Å². The number of hydrogen-bond acceptors (Lipinski definition) is 4. The van der Waals surface area contributed by atoms with Gasteiger partial charge in [-0.05, 0) is 36.2 Å². The van der Waals surface area contributed by atoms with E-state index in [9.17, 15) is 14.4 Å². The smallest absolute Gasteiger partial charge is 0.259 e. The van der Waals surface area contributed by atoms with Crippen molar-refractivity contribution >= 4 is 23.3 Å². The van der Waals surface area contributed by atoms with E-state index >= 15 is 0 Å². The van der Waals surface area contributed by atoms with Gasteiger partial charge in [0, 0.05) is 24.7 Å². The summed E-state index contributed by atoms with van der Waals surface area (Å²) in [6.45, 7) is 1.85. The second kappa shape index (κ2) is 10.7. The van der Waals surface area contributed by atoms with Gasteiger partial charge in [-0.3, -0.25) is 14.4 Å². The first-order valence-electron chi connectivity index (χ1n) is 9.98. The van der Waals surface area contributed by atoms with Crippen LogP contribution >= 0.6 is 0 Å². The average molecular weight is 416 g/mol. The van der Waals surface area contributed by atoms with Crippen LogP contribution in [-0.2, 0) is 11.2 Å². The van der Waals surface area contributed by atoms with Crippen LogP contribution in [0.3, 0.4) is 0 Å². The van der Waals surface area contributed by atoms with Crippen molar-refractivity contribution in [2.24, 2.45) is 0 Å². The second-order valence-corrected chi connectivity index (χ2v) is 6.96. The maximum Gasteiger partial charge on any atom is 0.259 e. The summed E-state index contributed by atoms with van der Waals surface area (Å²) in [5, 5.41) is 5.56. The van der Waals surface area contributed by atoms with Crippen LogP contribution in [0.25, 0.3) is 0 Å². The molecule has 3 aromatic carbocycles. The van der Waals surface area contributed by atoms with Crippen molar-refractivity contribution in [2.75, 3.05) is 18.5 Å². The summed E-state index contributed by atoms with van der Waals surface area (Å²) in [5.74, 6) is -0.220. The molecular formula is C25H24N2O4. The van der Waals surface area contributed by atoms with Crippen molar-refractivity contribution in [3.63, 3.8) is 0 Å². The van der Waals surface area contributed by atoms with Crippen molar-refractivity contribution in [3.8, 4) is 5.75 Å². The number of amides is 2. The molecule has 6 heteroatoms. The largest absolute Gasteiger partial charge is 0.485 e. The number of anilines is 1. The number of ketones is 1. The average Bonchev–Trinajstić information content (AvgIpc) is 2.78. The zero-order valence-corrected chi connectivity index (χ0v) is 17.3. The summed E-state index contributed by atoms with van der Waals surface area (Å²) in [6, 6.07) is 23.1. The normalized spacial score (nSPS) is 10.2. The first kappa shape index (κ1) is 21.8. The SMILES string of the molecule is CC(=O)NCCc1ccc(C(=O)COc2ccccc2C(=O)Nc2ccccc2)cc1. The molecule has 2 amide bonds. The van der Waals surface area contributed by atoms with E-state index in [0.717, 1.165) is 5.56 Å². The third-order valence-corrected chi connectivity index (χ3v) is 4.59. The van der Waals surface area contributed by atoms with Crippen LogP contribution in [0.15, 0.2) is 78.9 Å². The highest BCUT2D eigenvalue weighted by molar-refractivity contribution is 6.06. The van der Waals surface area contributed by atoms with Crippen LogP contribution in [0.4, 0.5) is 5.69 Å². The van der Waals surface area contributed by atoms with Gasteiger partial charge in [0.1, 0.15) is 5.75 Å². The third-order valence-electron chi connectivity index (χ3n) is 4.59. The molecule has 3 aromatic rings. The van der Waals surface area contributed by atoms with Gasteiger partial charge >= 0.3 is 0 Å². The molecule has 158 valence electrons. The van der Waals surface area contributed by atoms with Crippen LogP contribution in [0.2, 0.25) is 0 Å². The van der Waals surface area contributed by atoms with E-state index in [4.69, 9.17) is 4.74 Å². The molecule has 0 aromatic heterocycles. The van der Waals surface area contributed by atoms with Gasteiger partial charge in [0.2, 0.25) is 5.91 Å². The fourth-order valence-corrected chi connectivity index (χ4v) is 2.97. The van der Waals surface area contributed by atoms with E-state index in [1.807, 2.05) is 30.3 Å². The quantitative estimate of drug-likeness (QED) is 0.519. The molecular weight excluding hydrogens is 392 g/mol. The van der Waals surface area contributed by atoms with Gasteiger partial charge in [-0.2, -0.15) is 0 Å². The Balaban J connectivity index is 1.59. The Kier molecular flexibility index (Phi) is 7.54. The minimum absolute atomic E-state index is 0.0679. The summed E-state index contributed by atoms with van der Waals surface area (Å²) >= 11 is 0. The first-order chi connectivity index (χ1) is 15.0. The molecule has 0 aliphatic carbocycles. The van der Waals surface area contributed by atoms with Crippen LogP contribution < -0.4 is 15.4 Å². The summed E-state index contributed by atoms with van der Waals surface area (Å²) in [4.78, 5) is 36.1. The highest BCUT2D eigenvalue weighted by atomic mass is 16.5. The molecule has 0 bridgehead atoms. The lowest BCUT2D eigenvalue weighted by molar-refractivity contribution is -0.118. The summed E-state index contributed by atoms with van der Waals surface area (Å²) in [6.07, 6.45) is 0.689. The molecule has 2 N–H and O–H groups in total. The third kappa shape index (κ3) is 6.54. The van der Waals surface area contributed by atoms with Crippen LogP contribution in [0.5, 0.6) is 5.75 Å². The minimum Gasteiger partial charge on any atom is -0.485 e.